The van der Waals surface area contributed by atoms with Crippen molar-refractivity contribution in [3.8, 4) is 0 Å². The molecule has 0 aromatic carbocycles. The van der Waals surface area contributed by atoms with Gasteiger partial charge < -0.3 is 4.74 Å². The third kappa shape index (κ3) is 2.97. The van der Waals surface area contributed by atoms with E-state index in [9.17, 15) is 4.79 Å². The zero-order valence-corrected chi connectivity index (χ0v) is 13.3. The van der Waals surface area contributed by atoms with Crippen LogP contribution in [0.5, 0.6) is 0 Å². The lowest BCUT2D eigenvalue weighted by Gasteiger charge is -2.27. The number of aryl methyl sites for hydroxylation is 1. The van der Waals surface area contributed by atoms with Gasteiger partial charge in [-0.2, -0.15) is 0 Å². The lowest BCUT2D eigenvalue weighted by atomic mass is 9.79. The maximum atomic E-state index is 12.2. The monoisotopic (exact) mass is 287 g/mol. The van der Waals surface area contributed by atoms with Crippen LogP contribution in [0.4, 0.5) is 0 Å². The Morgan fingerprint density at radius 2 is 2.14 bits per heavy atom. The van der Waals surface area contributed by atoms with Gasteiger partial charge >= 0.3 is 5.97 Å². The fourth-order valence-corrected chi connectivity index (χ4v) is 3.32. The van der Waals surface area contributed by atoms with E-state index in [1.807, 2.05) is 6.92 Å². The molecule has 2 aliphatic rings. The molecule has 21 heavy (non-hydrogen) atoms. The summed E-state index contributed by atoms with van der Waals surface area (Å²) in [5, 5.41) is 0. The third-order valence-electron chi connectivity index (χ3n) is 4.86. The average Bonchev–Trinajstić information content (AvgIpc) is 3.30. The van der Waals surface area contributed by atoms with Crippen molar-refractivity contribution in [3.63, 3.8) is 0 Å². The number of nitrogens with zero attached hydrogens (tertiary/aromatic N) is 1. The van der Waals surface area contributed by atoms with Gasteiger partial charge in [0, 0.05) is 11.6 Å². The molecule has 3 nitrogen and oxygen atoms in total. The molecule has 0 amide bonds. The first kappa shape index (κ1) is 14.6. The number of hydrogen-bond donors (Lipinski definition) is 0. The smallest absolute Gasteiger partial charge is 0.339 e. The van der Waals surface area contributed by atoms with Crippen LogP contribution >= 0.6 is 0 Å². The van der Waals surface area contributed by atoms with Gasteiger partial charge in [-0.25, -0.2) is 4.79 Å². The molecule has 1 fully saturated rings. The van der Waals surface area contributed by atoms with Crippen LogP contribution in [0.1, 0.15) is 73.3 Å². The van der Waals surface area contributed by atoms with Crippen molar-refractivity contribution in [2.75, 3.05) is 6.61 Å². The molecule has 1 heterocycles. The molecular weight excluding hydrogens is 262 g/mol. The van der Waals surface area contributed by atoms with Gasteiger partial charge in [-0.1, -0.05) is 13.8 Å². The summed E-state index contributed by atoms with van der Waals surface area (Å²) in [6.07, 6.45) is 5.65. The van der Waals surface area contributed by atoms with Gasteiger partial charge in [0.2, 0.25) is 0 Å². The van der Waals surface area contributed by atoms with Crippen LogP contribution < -0.4 is 0 Å². The number of rotatable bonds is 4. The summed E-state index contributed by atoms with van der Waals surface area (Å²) in [5.74, 6) is 1.69. The molecule has 0 bridgehead atoms. The Morgan fingerprint density at radius 1 is 1.38 bits per heavy atom. The summed E-state index contributed by atoms with van der Waals surface area (Å²) in [5.41, 5.74) is 4.21. The fraction of sp³-hybridized carbons (Fsp3) is 0.667. The summed E-state index contributed by atoms with van der Waals surface area (Å²) in [6.45, 7) is 6.85. The first-order valence-electron chi connectivity index (χ1n) is 8.30. The molecule has 3 rings (SSSR count). The molecule has 0 N–H and O–H groups in total. The molecule has 0 radical (unpaired) electrons. The Bertz CT molecular complexity index is 546. The predicted molar refractivity (Wildman–Crippen MR) is 82.5 cm³/mol. The molecular formula is C18H25NO2. The number of hydrogen-bond acceptors (Lipinski definition) is 3. The Morgan fingerprint density at radius 3 is 2.76 bits per heavy atom. The van der Waals surface area contributed by atoms with E-state index in [1.165, 1.54) is 17.7 Å². The van der Waals surface area contributed by atoms with Crippen molar-refractivity contribution in [3.05, 3.63) is 28.6 Å². The van der Waals surface area contributed by atoms with Crippen LogP contribution in [0.2, 0.25) is 0 Å². The highest BCUT2D eigenvalue weighted by atomic mass is 16.5. The standard InChI is InChI=1S/C18H25NO2/c1-4-21-18(20)15-10-14-9-13(11(2)3)7-8-16(14)19-17(15)12-5-6-12/h10-13H,4-9H2,1-3H3. The molecule has 3 heteroatoms. The molecule has 2 aliphatic carbocycles. The number of carbonyl (C=O) groups is 1. The average molecular weight is 287 g/mol. The van der Waals surface area contributed by atoms with E-state index in [4.69, 9.17) is 9.72 Å². The molecule has 0 aliphatic heterocycles. The van der Waals surface area contributed by atoms with Crippen molar-refractivity contribution < 1.29 is 9.53 Å². The highest BCUT2D eigenvalue weighted by molar-refractivity contribution is 5.91. The zero-order valence-electron chi connectivity index (χ0n) is 13.3. The minimum atomic E-state index is -0.193. The van der Waals surface area contributed by atoms with Crippen molar-refractivity contribution in [2.24, 2.45) is 11.8 Å². The van der Waals surface area contributed by atoms with Gasteiger partial charge in [0.1, 0.15) is 0 Å². The van der Waals surface area contributed by atoms with E-state index < -0.39 is 0 Å². The minimum Gasteiger partial charge on any atom is -0.462 e. The van der Waals surface area contributed by atoms with Crippen LogP contribution in [0.3, 0.4) is 0 Å². The molecule has 1 unspecified atom stereocenters. The maximum absolute atomic E-state index is 12.2. The van der Waals surface area contributed by atoms with Crippen molar-refractivity contribution in [2.45, 2.75) is 58.8 Å². The summed E-state index contributed by atoms with van der Waals surface area (Å²) in [6, 6.07) is 2.09. The van der Waals surface area contributed by atoms with Crippen molar-refractivity contribution in [1.82, 2.24) is 4.98 Å². The second-order valence-corrected chi connectivity index (χ2v) is 6.77. The van der Waals surface area contributed by atoms with Crippen molar-refractivity contribution >= 4 is 5.97 Å². The number of fused-ring (bicyclic) bond motifs is 1. The maximum Gasteiger partial charge on any atom is 0.339 e. The van der Waals surface area contributed by atoms with Crippen LogP contribution in [0, 0.1) is 11.8 Å². The Labute approximate surface area is 127 Å². The van der Waals surface area contributed by atoms with Crippen LogP contribution in [-0.2, 0) is 17.6 Å². The SMILES string of the molecule is CCOC(=O)c1cc2c(nc1C1CC1)CCC(C(C)C)C2. The van der Waals surface area contributed by atoms with Crippen LogP contribution in [-0.4, -0.2) is 17.6 Å². The second-order valence-electron chi connectivity index (χ2n) is 6.77. The van der Waals surface area contributed by atoms with E-state index in [0.717, 1.165) is 36.9 Å². The van der Waals surface area contributed by atoms with Gasteiger partial charge in [0.15, 0.2) is 0 Å². The molecule has 0 spiro atoms. The molecule has 1 atom stereocenters. The largest absolute Gasteiger partial charge is 0.462 e. The van der Waals surface area contributed by atoms with E-state index in [0.29, 0.717) is 24.4 Å². The number of pyridine rings is 1. The highest BCUT2D eigenvalue weighted by Gasteiger charge is 2.33. The Balaban J connectivity index is 1.95. The molecule has 0 saturated heterocycles. The topological polar surface area (TPSA) is 39.2 Å². The Kier molecular flexibility index (Phi) is 4.01. The van der Waals surface area contributed by atoms with E-state index in [2.05, 4.69) is 19.9 Å². The van der Waals surface area contributed by atoms with Gasteiger partial charge in [-0.3, -0.25) is 4.98 Å². The second kappa shape index (κ2) is 5.78. The molecule has 1 aromatic rings. The Hall–Kier alpha value is -1.38. The summed E-state index contributed by atoms with van der Waals surface area (Å²) >= 11 is 0. The highest BCUT2D eigenvalue weighted by Crippen LogP contribution is 2.42. The first-order chi connectivity index (χ1) is 10.1. The van der Waals surface area contributed by atoms with Gasteiger partial charge in [0.25, 0.3) is 0 Å². The quantitative estimate of drug-likeness (QED) is 0.788. The molecule has 1 saturated carbocycles. The lowest BCUT2D eigenvalue weighted by Crippen LogP contribution is -2.22. The summed E-state index contributed by atoms with van der Waals surface area (Å²) in [4.78, 5) is 17.1. The van der Waals surface area contributed by atoms with Gasteiger partial charge in [-0.15, -0.1) is 0 Å². The van der Waals surface area contributed by atoms with Crippen molar-refractivity contribution in [1.29, 1.82) is 0 Å². The summed E-state index contributed by atoms with van der Waals surface area (Å²) < 4.78 is 5.23. The van der Waals surface area contributed by atoms with E-state index >= 15 is 0 Å². The number of aromatic nitrogens is 1. The molecule has 1 aromatic heterocycles. The van der Waals surface area contributed by atoms with E-state index in [-0.39, 0.29) is 5.97 Å². The van der Waals surface area contributed by atoms with Gasteiger partial charge in [-0.05, 0) is 62.5 Å². The normalized spacial score (nSPS) is 21.2. The predicted octanol–water partition coefficient (Wildman–Crippen LogP) is 3.90. The van der Waals surface area contributed by atoms with Crippen LogP contribution in [0.25, 0.3) is 0 Å². The van der Waals surface area contributed by atoms with Gasteiger partial charge in [0.05, 0.1) is 17.9 Å². The lowest BCUT2D eigenvalue weighted by molar-refractivity contribution is 0.0524. The van der Waals surface area contributed by atoms with E-state index in [1.54, 1.807) is 0 Å². The molecule has 114 valence electrons. The number of esters is 1. The third-order valence-corrected chi connectivity index (χ3v) is 4.86. The number of carbonyl (C=O) groups excluding carboxylic acids is 1. The fourth-order valence-electron chi connectivity index (χ4n) is 3.32. The summed E-state index contributed by atoms with van der Waals surface area (Å²) in [7, 11) is 0. The minimum absolute atomic E-state index is 0.193. The van der Waals surface area contributed by atoms with Crippen LogP contribution in [0.15, 0.2) is 6.07 Å². The zero-order chi connectivity index (χ0) is 15.0. The number of ether oxygens (including phenoxy) is 1. The first-order valence-corrected chi connectivity index (χ1v) is 8.30.